The average molecular weight is 374 g/mol. The molecule has 3 rings (SSSR count). The maximum absolute atomic E-state index is 12.8. The van der Waals surface area contributed by atoms with Crippen LogP contribution in [0.1, 0.15) is 39.5 Å². The number of amides is 1. The Morgan fingerprint density at radius 1 is 1.19 bits per heavy atom. The van der Waals surface area contributed by atoms with Gasteiger partial charge in [-0.2, -0.15) is 0 Å². The SMILES string of the molecule is CC(C)N(CC(=O)N1CCN(c2ccccc2[N+](=O)[O-])CC1)C1CCCC1. The van der Waals surface area contributed by atoms with Crippen molar-refractivity contribution in [3.63, 3.8) is 0 Å². The van der Waals surface area contributed by atoms with Crippen molar-refractivity contribution in [1.82, 2.24) is 9.80 Å². The number of anilines is 1. The van der Waals surface area contributed by atoms with Gasteiger partial charge in [-0.3, -0.25) is 19.8 Å². The zero-order chi connectivity index (χ0) is 19.4. The van der Waals surface area contributed by atoms with Gasteiger partial charge in [0.2, 0.25) is 5.91 Å². The number of carbonyl (C=O) groups excluding carboxylic acids is 1. The molecule has 0 radical (unpaired) electrons. The highest BCUT2D eigenvalue weighted by Crippen LogP contribution is 2.29. The van der Waals surface area contributed by atoms with Crippen LogP contribution in [0.4, 0.5) is 11.4 Å². The number of carbonyl (C=O) groups is 1. The summed E-state index contributed by atoms with van der Waals surface area (Å²) in [6.45, 7) is 7.29. The molecule has 1 heterocycles. The van der Waals surface area contributed by atoms with Gasteiger partial charge in [0, 0.05) is 44.3 Å². The first kappa shape index (κ1) is 19.6. The van der Waals surface area contributed by atoms with Crippen molar-refractivity contribution >= 4 is 17.3 Å². The Morgan fingerprint density at radius 3 is 2.41 bits per heavy atom. The summed E-state index contributed by atoms with van der Waals surface area (Å²) in [6.07, 6.45) is 4.90. The van der Waals surface area contributed by atoms with Gasteiger partial charge < -0.3 is 9.80 Å². The van der Waals surface area contributed by atoms with Gasteiger partial charge >= 0.3 is 0 Å². The molecular formula is C20H30N4O3. The summed E-state index contributed by atoms with van der Waals surface area (Å²) in [5, 5.41) is 11.3. The van der Waals surface area contributed by atoms with E-state index in [1.165, 1.54) is 31.7 Å². The van der Waals surface area contributed by atoms with E-state index in [1.54, 1.807) is 12.1 Å². The van der Waals surface area contributed by atoms with Crippen molar-refractivity contribution in [2.75, 3.05) is 37.6 Å². The average Bonchev–Trinajstić information content (AvgIpc) is 3.20. The number of piperazine rings is 1. The van der Waals surface area contributed by atoms with Crippen LogP contribution in [0.3, 0.4) is 0 Å². The van der Waals surface area contributed by atoms with E-state index in [9.17, 15) is 14.9 Å². The Morgan fingerprint density at radius 2 is 1.81 bits per heavy atom. The molecule has 1 aliphatic heterocycles. The zero-order valence-corrected chi connectivity index (χ0v) is 16.3. The first-order valence-corrected chi connectivity index (χ1v) is 9.99. The lowest BCUT2D eigenvalue weighted by molar-refractivity contribution is -0.384. The van der Waals surface area contributed by atoms with Crippen LogP contribution < -0.4 is 4.90 Å². The largest absolute Gasteiger partial charge is 0.362 e. The molecule has 1 aromatic rings. The molecule has 1 saturated carbocycles. The maximum Gasteiger partial charge on any atom is 0.292 e. The molecular weight excluding hydrogens is 344 g/mol. The van der Waals surface area contributed by atoms with Crippen molar-refractivity contribution in [1.29, 1.82) is 0 Å². The fourth-order valence-corrected chi connectivity index (χ4v) is 4.31. The quantitative estimate of drug-likeness (QED) is 0.566. The molecule has 2 aliphatic rings. The number of nitrogens with zero attached hydrogens (tertiary/aromatic N) is 4. The number of hydrogen-bond donors (Lipinski definition) is 0. The molecule has 2 fully saturated rings. The lowest BCUT2D eigenvalue weighted by Gasteiger charge is -2.38. The second-order valence-corrected chi connectivity index (χ2v) is 7.82. The summed E-state index contributed by atoms with van der Waals surface area (Å²) < 4.78 is 0. The van der Waals surface area contributed by atoms with E-state index in [-0.39, 0.29) is 16.5 Å². The van der Waals surface area contributed by atoms with E-state index in [2.05, 4.69) is 18.7 Å². The second-order valence-electron chi connectivity index (χ2n) is 7.82. The van der Waals surface area contributed by atoms with Crippen LogP contribution in [0.5, 0.6) is 0 Å². The minimum absolute atomic E-state index is 0.129. The molecule has 7 nitrogen and oxygen atoms in total. The van der Waals surface area contributed by atoms with Gasteiger partial charge in [0.25, 0.3) is 5.69 Å². The zero-order valence-electron chi connectivity index (χ0n) is 16.3. The van der Waals surface area contributed by atoms with Gasteiger partial charge in [-0.15, -0.1) is 0 Å². The fraction of sp³-hybridized carbons (Fsp3) is 0.650. The van der Waals surface area contributed by atoms with Gasteiger partial charge in [0.05, 0.1) is 11.5 Å². The number of nitro benzene ring substituents is 1. The van der Waals surface area contributed by atoms with Crippen molar-refractivity contribution in [2.24, 2.45) is 0 Å². The second kappa shape index (κ2) is 8.69. The van der Waals surface area contributed by atoms with Crippen LogP contribution in [-0.2, 0) is 4.79 Å². The molecule has 0 bridgehead atoms. The van der Waals surface area contributed by atoms with Crippen LogP contribution in [0.25, 0.3) is 0 Å². The van der Waals surface area contributed by atoms with Gasteiger partial charge in [-0.05, 0) is 32.8 Å². The van der Waals surface area contributed by atoms with Crippen LogP contribution in [0, 0.1) is 10.1 Å². The van der Waals surface area contributed by atoms with Crippen LogP contribution in [0.2, 0.25) is 0 Å². The first-order valence-electron chi connectivity index (χ1n) is 9.99. The highest BCUT2D eigenvalue weighted by molar-refractivity contribution is 5.79. The van der Waals surface area contributed by atoms with E-state index in [1.807, 2.05) is 15.9 Å². The molecule has 7 heteroatoms. The number of benzene rings is 1. The Balaban J connectivity index is 1.58. The highest BCUT2D eigenvalue weighted by atomic mass is 16.6. The fourth-order valence-electron chi connectivity index (χ4n) is 4.31. The van der Waals surface area contributed by atoms with Gasteiger partial charge in [0.15, 0.2) is 0 Å². The monoisotopic (exact) mass is 374 g/mol. The van der Waals surface area contributed by atoms with Gasteiger partial charge in [-0.1, -0.05) is 25.0 Å². The van der Waals surface area contributed by atoms with Gasteiger partial charge in [-0.25, -0.2) is 0 Å². The first-order chi connectivity index (χ1) is 13.0. The van der Waals surface area contributed by atoms with E-state index < -0.39 is 0 Å². The molecule has 0 unspecified atom stereocenters. The van der Waals surface area contributed by atoms with Crippen LogP contribution in [0.15, 0.2) is 24.3 Å². The molecule has 0 N–H and O–H groups in total. The minimum atomic E-state index is -0.338. The molecule has 1 saturated heterocycles. The third-order valence-corrected chi connectivity index (χ3v) is 5.83. The lowest BCUT2D eigenvalue weighted by atomic mass is 10.1. The van der Waals surface area contributed by atoms with Gasteiger partial charge in [0.1, 0.15) is 5.69 Å². The number of nitro groups is 1. The van der Waals surface area contributed by atoms with E-state index in [0.717, 1.165) is 0 Å². The summed E-state index contributed by atoms with van der Waals surface area (Å²) >= 11 is 0. The standard InChI is InChI=1S/C20H30N4O3/c1-16(2)23(17-7-3-4-8-17)15-20(25)22-13-11-21(12-14-22)18-9-5-6-10-19(18)24(26)27/h5-6,9-10,16-17H,3-4,7-8,11-15H2,1-2H3. The molecule has 0 spiro atoms. The van der Waals surface area contributed by atoms with E-state index in [4.69, 9.17) is 0 Å². The molecule has 1 aromatic carbocycles. The lowest BCUT2D eigenvalue weighted by Crippen LogP contribution is -2.53. The summed E-state index contributed by atoms with van der Waals surface area (Å²) in [4.78, 5) is 30.0. The predicted octanol–water partition coefficient (Wildman–Crippen LogP) is 2.90. The summed E-state index contributed by atoms with van der Waals surface area (Å²) in [6, 6.07) is 7.73. The van der Waals surface area contributed by atoms with Crippen molar-refractivity contribution in [2.45, 2.75) is 51.6 Å². The Hall–Kier alpha value is -2.15. The van der Waals surface area contributed by atoms with E-state index in [0.29, 0.717) is 50.5 Å². The third kappa shape index (κ3) is 4.58. The molecule has 148 valence electrons. The topological polar surface area (TPSA) is 69.9 Å². The molecule has 1 amide bonds. The summed E-state index contributed by atoms with van der Waals surface area (Å²) in [7, 11) is 0. The van der Waals surface area contributed by atoms with E-state index >= 15 is 0 Å². The molecule has 1 aliphatic carbocycles. The number of rotatable bonds is 6. The van der Waals surface area contributed by atoms with Crippen molar-refractivity contribution in [3.05, 3.63) is 34.4 Å². The molecule has 0 atom stereocenters. The molecule has 0 aromatic heterocycles. The Kier molecular flexibility index (Phi) is 6.31. The summed E-state index contributed by atoms with van der Waals surface area (Å²) in [5.74, 6) is 0.179. The summed E-state index contributed by atoms with van der Waals surface area (Å²) in [5.41, 5.74) is 0.772. The third-order valence-electron chi connectivity index (χ3n) is 5.83. The van der Waals surface area contributed by atoms with Crippen molar-refractivity contribution in [3.8, 4) is 0 Å². The minimum Gasteiger partial charge on any atom is -0.362 e. The molecule has 27 heavy (non-hydrogen) atoms. The van der Waals surface area contributed by atoms with Crippen molar-refractivity contribution < 1.29 is 9.72 Å². The van der Waals surface area contributed by atoms with Crippen LogP contribution in [-0.4, -0.2) is 65.4 Å². The maximum atomic E-state index is 12.8. The number of hydrogen-bond acceptors (Lipinski definition) is 5. The number of para-hydroxylation sites is 2. The van der Waals surface area contributed by atoms with Crippen LogP contribution >= 0.6 is 0 Å². The normalized spacial score (nSPS) is 18.5. The predicted molar refractivity (Wildman–Crippen MR) is 106 cm³/mol. The highest BCUT2D eigenvalue weighted by Gasteiger charge is 2.30. The Labute approximate surface area is 161 Å². The Bertz CT molecular complexity index is 665. The smallest absolute Gasteiger partial charge is 0.292 e.